The number of imidazole rings is 1. The normalized spacial score (nSPS) is 10.9. The lowest BCUT2D eigenvalue weighted by atomic mass is 10.2. The number of ether oxygens (including phenoxy) is 2. The Morgan fingerprint density at radius 1 is 1.21 bits per heavy atom. The van der Waals surface area contributed by atoms with Crippen LogP contribution in [0, 0.1) is 10.1 Å². The molecule has 0 amide bonds. The molecule has 0 saturated heterocycles. The highest BCUT2D eigenvalue weighted by Gasteiger charge is 2.18. The Kier molecular flexibility index (Phi) is 4.43. The SMILES string of the molecule is COCCn1c(-c2ccccc2OC)nc2cc([N+](=O)[O-])ccc21. The van der Waals surface area contributed by atoms with Crippen LogP contribution >= 0.6 is 0 Å². The molecule has 0 radical (unpaired) electrons. The van der Waals surface area contributed by atoms with Crippen molar-refractivity contribution < 1.29 is 14.4 Å². The van der Waals surface area contributed by atoms with E-state index in [1.165, 1.54) is 12.1 Å². The van der Waals surface area contributed by atoms with E-state index in [1.807, 2.05) is 28.8 Å². The number of rotatable bonds is 6. The summed E-state index contributed by atoms with van der Waals surface area (Å²) in [5.41, 5.74) is 2.24. The van der Waals surface area contributed by atoms with Crippen molar-refractivity contribution in [1.82, 2.24) is 9.55 Å². The van der Waals surface area contributed by atoms with Gasteiger partial charge in [-0.15, -0.1) is 0 Å². The lowest BCUT2D eigenvalue weighted by molar-refractivity contribution is -0.384. The number of hydrogen-bond acceptors (Lipinski definition) is 5. The quantitative estimate of drug-likeness (QED) is 0.513. The summed E-state index contributed by atoms with van der Waals surface area (Å²) in [6, 6.07) is 12.2. The minimum absolute atomic E-state index is 0.0190. The standard InChI is InChI=1S/C17H17N3O4/c1-23-10-9-19-15-8-7-12(20(21)22)11-14(15)18-17(19)13-5-3-4-6-16(13)24-2/h3-8,11H,9-10H2,1-2H3. The third-order valence-corrected chi connectivity index (χ3v) is 3.81. The van der Waals surface area contributed by atoms with Crippen LogP contribution in [0.1, 0.15) is 0 Å². The fourth-order valence-corrected chi connectivity index (χ4v) is 2.68. The van der Waals surface area contributed by atoms with Crippen molar-refractivity contribution in [2.75, 3.05) is 20.8 Å². The fourth-order valence-electron chi connectivity index (χ4n) is 2.68. The number of non-ortho nitro benzene ring substituents is 1. The van der Waals surface area contributed by atoms with Gasteiger partial charge in [-0.3, -0.25) is 10.1 Å². The highest BCUT2D eigenvalue weighted by Crippen LogP contribution is 2.32. The molecule has 0 spiro atoms. The maximum absolute atomic E-state index is 11.0. The molecule has 3 aromatic rings. The average Bonchev–Trinajstić information content (AvgIpc) is 2.97. The molecule has 0 N–H and O–H groups in total. The number of nitro groups is 1. The molecule has 7 heteroatoms. The zero-order valence-corrected chi connectivity index (χ0v) is 13.4. The van der Waals surface area contributed by atoms with E-state index in [9.17, 15) is 10.1 Å². The van der Waals surface area contributed by atoms with E-state index >= 15 is 0 Å². The van der Waals surface area contributed by atoms with Gasteiger partial charge in [0.05, 0.1) is 35.2 Å². The number of fused-ring (bicyclic) bond motifs is 1. The first-order valence-electron chi connectivity index (χ1n) is 7.42. The van der Waals surface area contributed by atoms with Gasteiger partial charge in [-0.1, -0.05) is 12.1 Å². The average molecular weight is 327 g/mol. The zero-order chi connectivity index (χ0) is 17.1. The van der Waals surface area contributed by atoms with E-state index in [-0.39, 0.29) is 5.69 Å². The minimum atomic E-state index is -0.420. The van der Waals surface area contributed by atoms with Crippen LogP contribution in [0.4, 0.5) is 5.69 Å². The van der Waals surface area contributed by atoms with Gasteiger partial charge < -0.3 is 14.0 Å². The molecule has 1 aromatic heterocycles. The molecule has 0 atom stereocenters. The van der Waals surface area contributed by atoms with Crippen molar-refractivity contribution in [2.24, 2.45) is 0 Å². The number of aromatic nitrogens is 2. The number of benzene rings is 2. The van der Waals surface area contributed by atoms with E-state index in [0.29, 0.717) is 30.2 Å². The Hall–Kier alpha value is -2.93. The van der Waals surface area contributed by atoms with Crippen LogP contribution in [-0.4, -0.2) is 35.3 Å². The van der Waals surface area contributed by atoms with Gasteiger partial charge in [0, 0.05) is 25.8 Å². The third-order valence-electron chi connectivity index (χ3n) is 3.81. The molecule has 1 heterocycles. The Labute approximate surface area is 138 Å². The Bertz CT molecular complexity index is 889. The molecule has 0 bridgehead atoms. The number of hydrogen-bond donors (Lipinski definition) is 0. The Morgan fingerprint density at radius 2 is 2.00 bits per heavy atom. The molecule has 0 aliphatic heterocycles. The minimum Gasteiger partial charge on any atom is -0.496 e. The molecular weight excluding hydrogens is 310 g/mol. The van der Waals surface area contributed by atoms with Gasteiger partial charge in [-0.05, 0) is 18.2 Å². The van der Waals surface area contributed by atoms with Gasteiger partial charge >= 0.3 is 0 Å². The van der Waals surface area contributed by atoms with E-state index < -0.39 is 4.92 Å². The highest BCUT2D eigenvalue weighted by atomic mass is 16.6. The molecule has 2 aromatic carbocycles. The lowest BCUT2D eigenvalue weighted by Crippen LogP contribution is -2.06. The first kappa shape index (κ1) is 15.9. The first-order valence-corrected chi connectivity index (χ1v) is 7.42. The maximum Gasteiger partial charge on any atom is 0.271 e. The second-order valence-electron chi connectivity index (χ2n) is 5.21. The molecule has 0 fully saturated rings. The molecule has 24 heavy (non-hydrogen) atoms. The van der Waals surface area contributed by atoms with Crippen molar-refractivity contribution in [2.45, 2.75) is 6.54 Å². The van der Waals surface area contributed by atoms with Crippen LogP contribution < -0.4 is 4.74 Å². The first-order chi connectivity index (χ1) is 11.7. The fraction of sp³-hybridized carbons (Fsp3) is 0.235. The van der Waals surface area contributed by atoms with Crippen molar-refractivity contribution in [3.63, 3.8) is 0 Å². The van der Waals surface area contributed by atoms with Crippen LogP contribution in [0.15, 0.2) is 42.5 Å². The van der Waals surface area contributed by atoms with E-state index in [1.54, 1.807) is 20.3 Å². The summed E-state index contributed by atoms with van der Waals surface area (Å²) in [7, 11) is 3.23. The second kappa shape index (κ2) is 6.67. The smallest absolute Gasteiger partial charge is 0.271 e. The highest BCUT2D eigenvalue weighted by molar-refractivity contribution is 5.83. The summed E-state index contributed by atoms with van der Waals surface area (Å²) < 4.78 is 12.6. The molecular formula is C17H17N3O4. The molecule has 0 unspecified atom stereocenters. The van der Waals surface area contributed by atoms with Crippen LogP contribution in [-0.2, 0) is 11.3 Å². The Balaban J connectivity index is 2.23. The molecule has 0 aliphatic carbocycles. The van der Waals surface area contributed by atoms with Gasteiger partial charge in [0.2, 0.25) is 0 Å². The third kappa shape index (κ3) is 2.81. The number of nitro benzene ring substituents is 1. The van der Waals surface area contributed by atoms with Crippen molar-refractivity contribution >= 4 is 16.7 Å². The predicted molar refractivity (Wildman–Crippen MR) is 90.3 cm³/mol. The van der Waals surface area contributed by atoms with Gasteiger partial charge in [-0.2, -0.15) is 0 Å². The summed E-state index contributed by atoms with van der Waals surface area (Å²) in [6.07, 6.45) is 0. The lowest BCUT2D eigenvalue weighted by Gasteiger charge is -2.11. The molecule has 3 rings (SSSR count). The zero-order valence-electron chi connectivity index (χ0n) is 13.4. The number of para-hydroxylation sites is 1. The second-order valence-corrected chi connectivity index (χ2v) is 5.21. The Morgan fingerprint density at radius 3 is 2.71 bits per heavy atom. The largest absolute Gasteiger partial charge is 0.496 e. The maximum atomic E-state index is 11.0. The molecule has 7 nitrogen and oxygen atoms in total. The molecule has 0 saturated carbocycles. The van der Waals surface area contributed by atoms with Crippen LogP contribution in [0.5, 0.6) is 5.75 Å². The predicted octanol–water partition coefficient (Wildman–Crippen LogP) is 3.27. The molecule has 0 aliphatic rings. The van der Waals surface area contributed by atoms with E-state index in [0.717, 1.165) is 11.1 Å². The molecule has 124 valence electrons. The van der Waals surface area contributed by atoms with Crippen molar-refractivity contribution in [1.29, 1.82) is 0 Å². The van der Waals surface area contributed by atoms with Gasteiger partial charge in [0.1, 0.15) is 11.6 Å². The van der Waals surface area contributed by atoms with Crippen LogP contribution in [0.2, 0.25) is 0 Å². The summed E-state index contributed by atoms with van der Waals surface area (Å²) in [4.78, 5) is 15.2. The topological polar surface area (TPSA) is 79.4 Å². The van der Waals surface area contributed by atoms with Crippen LogP contribution in [0.3, 0.4) is 0 Å². The van der Waals surface area contributed by atoms with E-state index in [4.69, 9.17) is 9.47 Å². The number of methoxy groups -OCH3 is 2. The number of nitrogens with zero attached hydrogens (tertiary/aromatic N) is 3. The monoisotopic (exact) mass is 327 g/mol. The van der Waals surface area contributed by atoms with Crippen molar-refractivity contribution in [3.05, 3.63) is 52.6 Å². The van der Waals surface area contributed by atoms with E-state index in [2.05, 4.69) is 4.98 Å². The van der Waals surface area contributed by atoms with Crippen molar-refractivity contribution in [3.8, 4) is 17.1 Å². The van der Waals surface area contributed by atoms with Crippen LogP contribution in [0.25, 0.3) is 22.4 Å². The summed E-state index contributed by atoms with van der Waals surface area (Å²) in [6.45, 7) is 1.09. The van der Waals surface area contributed by atoms with Gasteiger partial charge in [0.15, 0.2) is 0 Å². The van der Waals surface area contributed by atoms with Gasteiger partial charge in [-0.25, -0.2) is 4.98 Å². The summed E-state index contributed by atoms with van der Waals surface area (Å²) >= 11 is 0. The summed E-state index contributed by atoms with van der Waals surface area (Å²) in [5.74, 6) is 1.39. The van der Waals surface area contributed by atoms with Gasteiger partial charge in [0.25, 0.3) is 5.69 Å². The summed E-state index contributed by atoms with van der Waals surface area (Å²) in [5, 5.41) is 11.0.